The second kappa shape index (κ2) is 10.3. The number of halogens is 12. The van der Waals surface area contributed by atoms with Crippen molar-refractivity contribution in [3.8, 4) is 0 Å². The zero-order chi connectivity index (χ0) is 27.7. The molecule has 0 amide bonds. The maximum atomic E-state index is 13.9. The largest absolute Gasteiger partial charge is 0.430 e. The summed E-state index contributed by atoms with van der Waals surface area (Å²) in [4.78, 5) is 0. The molecule has 0 fully saturated rings. The first-order valence-electron chi connectivity index (χ1n) is 9.00. The Morgan fingerprint density at radius 1 is 0.629 bits per heavy atom. The van der Waals surface area contributed by atoms with Crippen LogP contribution in [0.1, 0.15) is 29.7 Å². The number of hydrogen-bond donors (Lipinski definition) is 1. The van der Waals surface area contributed by atoms with Crippen LogP contribution < -0.4 is 0 Å². The lowest BCUT2D eigenvalue weighted by Gasteiger charge is -2.40. The molecule has 1 rings (SSSR count). The van der Waals surface area contributed by atoms with Crippen molar-refractivity contribution < 1.29 is 76.7 Å². The van der Waals surface area contributed by atoms with E-state index in [1.165, 1.54) is 0 Å². The van der Waals surface area contributed by atoms with Gasteiger partial charge in [0.1, 0.15) is 13.6 Å². The normalized spacial score (nSPS) is 15.4. The van der Waals surface area contributed by atoms with Crippen LogP contribution in [0.5, 0.6) is 0 Å². The number of aliphatic hydroxyl groups excluding tert-OH is 1. The summed E-state index contributed by atoms with van der Waals surface area (Å²) in [6.07, 6.45) is -28.1. The number of aliphatic hydroxyl groups is 1. The minimum Gasteiger partial charge on any atom is -0.389 e. The van der Waals surface area contributed by atoms with Crippen LogP contribution in [-0.2, 0) is 30.1 Å². The molecule has 1 N–H and O–H groups in total. The highest BCUT2D eigenvalue weighted by Gasteiger charge is 2.76. The molecular weight excluding hydrogens is 524 g/mol. The van der Waals surface area contributed by atoms with Crippen molar-refractivity contribution in [1.29, 1.82) is 0 Å². The number of hydrogen-bond acceptors (Lipinski definition) is 5. The van der Waals surface area contributed by atoms with E-state index in [0.29, 0.717) is 21.1 Å². The maximum Gasteiger partial charge on any atom is 0.430 e. The molecule has 1 unspecified atom stereocenters. The summed E-state index contributed by atoms with van der Waals surface area (Å²) in [6, 6.07) is -0.823. The second-order valence-electron chi connectivity index (χ2n) is 6.97. The van der Waals surface area contributed by atoms with E-state index in [-0.39, 0.29) is 12.1 Å². The summed E-state index contributed by atoms with van der Waals surface area (Å²) in [5, 5.41) is 9.71. The van der Waals surface area contributed by atoms with Crippen molar-refractivity contribution in [3.05, 3.63) is 34.9 Å². The molecule has 0 saturated carbocycles. The summed E-state index contributed by atoms with van der Waals surface area (Å²) in [5.41, 5.74) is -16.6. The molecule has 17 heteroatoms. The minimum atomic E-state index is -6.48. The molecule has 1 atom stereocenters. The Kier molecular flexibility index (Phi) is 9.16. The van der Waals surface area contributed by atoms with Gasteiger partial charge >= 0.3 is 24.7 Å². The molecule has 0 saturated heterocycles. The number of ether oxygens (including phenoxy) is 4. The van der Waals surface area contributed by atoms with Gasteiger partial charge in [-0.1, -0.05) is 0 Å². The molecule has 1 aromatic carbocycles. The molecule has 0 spiro atoms. The average molecular weight is 542 g/mol. The first-order chi connectivity index (χ1) is 15.6. The third kappa shape index (κ3) is 5.63. The third-order valence-electron chi connectivity index (χ3n) is 4.63. The highest BCUT2D eigenvalue weighted by Crippen LogP contribution is 2.57. The molecule has 35 heavy (non-hydrogen) atoms. The van der Waals surface area contributed by atoms with Crippen LogP contribution in [0.4, 0.5) is 52.7 Å². The lowest BCUT2D eigenvalue weighted by molar-refractivity contribution is -0.402. The molecule has 0 bridgehead atoms. The molecule has 0 radical (unpaired) electrons. The van der Waals surface area contributed by atoms with Crippen molar-refractivity contribution in [2.45, 2.75) is 48.9 Å². The first kappa shape index (κ1) is 31.2. The number of benzene rings is 1. The van der Waals surface area contributed by atoms with Gasteiger partial charge in [-0.25, -0.2) is 0 Å². The van der Waals surface area contributed by atoms with Gasteiger partial charge in [-0.05, 0) is 30.7 Å². The second-order valence-corrected chi connectivity index (χ2v) is 6.97. The Morgan fingerprint density at radius 3 is 1.11 bits per heavy atom. The Balaban J connectivity index is 4.31. The van der Waals surface area contributed by atoms with Gasteiger partial charge in [0, 0.05) is 25.3 Å². The van der Waals surface area contributed by atoms with Crippen LogP contribution in [0.2, 0.25) is 0 Å². The summed E-state index contributed by atoms with van der Waals surface area (Å²) in [5.74, 6) is 0. The van der Waals surface area contributed by atoms with E-state index in [9.17, 15) is 57.8 Å². The molecule has 5 nitrogen and oxygen atoms in total. The lowest BCUT2D eigenvalue weighted by Crippen LogP contribution is -2.58. The van der Waals surface area contributed by atoms with Crippen molar-refractivity contribution in [2.75, 3.05) is 27.8 Å². The van der Waals surface area contributed by atoms with Crippen LogP contribution in [0, 0.1) is 0 Å². The predicted octanol–water partition coefficient (Wildman–Crippen LogP) is 5.62. The van der Waals surface area contributed by atoms with Gasteiger partial charge in [0.15, 0.2) is 0 Å². The van der Waals surface area contributed by atoms with Crippen LogP contribution in [0.15, 0.2) is 18.2 Å². The highest BCUT2D eigenvalue weighted by atomic mass is 19.4. The third-order valence-corrected chi connectivity index (χ3v) is 4.63. The monoisotopic (exact) mass is 542 g/mol. The van der Waals surface area contributed by atoms with Crippen LogP contribution in [0.3, 0.4) is 0 Å². The van der Waals surface area contributed by atoms with Crippen LogP contribution in [0.25, 0.3) is 0 Å². The molecular formula is C18H18F12O5. The zero-order valence-corrected chi connectivity index (χ0v) is 17.8. The summed E-state index contributed by atoms with van der Waals surface area (Å²) < 4.78 is 182. The SMILES string of the molecule is COCOC(c1cc(C(C)O)cc(C(OCOC)(C(F)(F)F)C(F)(F)F)c1)(C(F)(F)F)C(F)(F)F. The summed E-state index contributed by atoms with van der Waals surface area (Å²) in [7, 11) is 1.23. The van der Waals surface area contributed by atoms with Gasteiger partial charge in [0.2, 0.25) is 0 Å². The predicted molar refractivity (Wildman–Crippen MR) is 90.6 cm³/mol. The molecule has 204 valence electrons. The quantitative estimate of drug-likeness (QED) is 0.325. The van der Waals surface area contributed by atoms with Crippen LogP contribution >= 0.6 is 0 Å². The number of rotatable bonds is 9. The van der Waals surface area contributed by atoms with E-state index >= 15 is 0 Å². The highest BCUT2D eigenvalue weighted by molar-refractivity contribution is 5.41. The molecule has 0 heterocycles. The Hall–Kier alpha value is -1.82. The number of alkyl halides is 12. The van der Waals surface area contributed by atoms with Crippen LogP contribution in [-0.4, -0.2) is 57.6 Å². The molecule has 0 aromatic heterocycles. The summed E-state index contributed by atoms with van der Waals surface area (Å²) in [6.45, 7) is -2.77. The average Bonchev–Trinajstić information content (AvgIpc) is 2.64. The van der Waals surface area contributed by atoms with E-state index < -0.39 is 78.4 Å². The number of methoxy groups -OCH3 is 2. The van der Waals surface area contributed by atoms with E-state index in [2.05, 4.69) is 18.9 Å². The van der Waals surface area contributed by atoms with Gasteiger partial charge in [0.05, 0.1) is 6.10 Å². The minimum absolute atomic E-state index is 0.0847. The van der Waals surface area contributed by atoms with E-state index in [1.807, 2.05) is 0 Å². The van der Waals surface area contributed by atoms with Crippen molar-refractivity contribution >= 4 is 0 Å². The van der Waals surface area contributed by atoms with Crippen molar-refractivity contribution in [1.82, 2.24) is 0 Å². The smallest absolute Gasteiger partial charge is 0.389 e. The van der Waals surface area contributed by atoms with Gasteiger partial charge in [-0.3, -0.25) is 0 Å². The molecule has 1 aromatic rings. The maximum absolute atomic E-state index is 13.9. The van der Waals surface area contributed by atoms with Gasteiger partial charge in [-0.15, -0.1) is 0 Å². The van der Waals surface area contributed by atoms with E-state index in [1.54, 1.807) is 0 Å². The Bertz CT molecular complexity index is 752. The molecule has 0 aliphatic carbocycles. The lowest BCUT2D eigenvalue weighted by atomic mass is 9.83. The summed E-state index contributed by atoms with van der Waals surface area (Å²) >= 11 is 0. The fourth-order valence-electron chi connectivity index (χ4n) is 3.06. The van der Waals surface area contributed by atoms with Crippen molar-refractivity contribution in [3.63, 3.8) is 0 Å². The fraction of sp³-hybridized carbons (Fsp3) is 0.667. The fourth-order valence-corrected chi connectivity index (χ4v) is 3.06. The topological polar surface area (TPSA) is 57.2 Å². The van der Waals surface area contributed by atoms with Gasteiger partial charge in [-0.2, -0.15) is 52.7 Å². The van der Waals surface area contributed by atoms with Crippen molar-refractivity contribution in [2.24, 2.45) is 0 Å². The Labute approximate surface area is 189 Å². The first-order valence-corrected chi connectivity index (χ1v) is 9.00. The zero-order valence-electron chi connectivity index (χ0n) is 17.8. The van der Waals surface area contributed by atoms with Gasteiger partial charge < -0.3 is 24.1 Å². The van der Waals surface area contributed by atoms with E-state index in [4.69, 9.17) is 0 Å². The van der Waals surface area contributed by atoms with E-state index in [0.717, 1.165) is 0 Å². The molecule has 0 aliphatic rings. The standard InChI is InChI=1S/C18H18F12O5/c1-9(31)10-4-11(13(15(19,20)21,16(22,23)24)34-7-32-2)6-12(5-10)14(17(25,26)27,18(28,29)30)35-8-33-3/h4-6,9,31H,7-8H2,1-3H3. The Morgan fingerprint density at radius 2 is 0.914 bits per heavy atom. The van der Waals surface area contributed by atoms with Gasteiger partial charge in [0.25, 0.3) is 11.2 Å². The molecule has 0 aliphatic heterocycles.